The van der Waals surface area contributed by atoms with Crippen LogP contribution in [0.2, 0.25) is 0 Å². The number of rotatable bonds is 8. The van der Waals surface area contributed by atoms with E-state index in [-0.39, 0.29) is 12.6 Å². The van der Waals surface area contributed by atoms with Gasteiger partial charge in [0.2, 0.25) is 0 Å². The van der Waals surface area contributed by atoms with Crippen molar-refractivity contribution in [2.75, 3.05) is 13.2 Å². The van der Waals surface area contributed by atoms with E-state index in [1.807, 2.05) is 0 Å². The molecular formula is C16H28N2O. The van der Waals surface area contributed by atoms with Crippen LogP contribution < -0.4 is 11.1 Å². The molecule has 0 heterocycles. The molecule has 0 spiro atoms. The predicted molar refractivity (Wildman–Crippen MR) is 81.2 cm³/mol. The van der Waals surface area contributed by atoms with Crippen molar-refractivity contribution in [3.8, 4) is 0 Å². The molecule has 1 rings (SSSR count). The molecule has 19 heavy (non-hydrogen) atoms. The Balaban J connectivity index is 2.73. The first-order valence-corrected chi connectivity index (χ1v) is 7.29. The summed E-state index contributed by atoms with van der Waals surface area (Å²) in [6.45, 7) is 7.31. The van der Waals surface area contributed by atoms with Gasteiger partial charge in [0.05, 0.1) is 0 Å². The Morgan fingerprint density at radius 1 is 1.16 bits per heavy atom. The van der Waals surface area contributed by atoms with E-state index in [4.69, 9.17) is 10.8 Å². The van der Waals surface area contributed by atoms with Gasteiger partial charge in [0.25, 0.3) is 0 Å². The molecule has 0 aliphatic rings. The zero-order valence-corrected chi connectivity index (χ0v) is 12.4. The van der Waals surface area contributed by atoms with E-state index >= 15 is 0 Å². The fraction of sp³-hybridized carbons (Fsp3) is 0.625. The van der Waals surface area contributed by atoms with Crippen LogP contribution in [0.25, 0.3) is 0 Å². The van der Waals surface area contributed by atoms with Crippen molar-refractivity contribution in [1.82, 2.24) is 5.32 Å². The largest absolute Gasteiger partial charge is 0.396 e. The number of nitrogens with one attached hydrogen (secondary N) is 1. The summed E-state index contributed by atoms with van der Waals surface area (Å²) in [5.74, 6) is 0.552. The van der Waals surface area contributed by atoms with Crippen LogP contribution in [-0.2, 0) is 0 Å². The molecule has 0 aliphatic heterocycles. The maximum atomic E-state index is 9.05. The topological polar surface area (TPSA) is 58.3 Å². The summed E-state index contributed by atoms with van der Waals surface area (Å²) in [6.07, 6.45) is 1.78. The summed E-state index contributed by atoms with van der Waals surface area (Å²) in [6, 6.07) is 9.16. The van der Waals surface area contributed by atoms with Crippen LogP contribution in [0.3, 0.4) is 0 Å². The van der Waals surface area contributed by atoms with E-state index < -0.39 is 0 Å². The van der Waals surface area contributed by atoms with Gasteiger partial charge in [-0.25, -0.2) is 0 Å². The van der Waals surface area contributed by atoms with Crippen molar-refractivity contribution < 1.29 is 5.11 Å². The third-order valence-corrected chi connectivity index (χ3v) is 3.65. The molecule has 108 valence electrons. The van der Waals surface area contributed by atoms with Crippen molar-refractivity contribution in [1.29, 1.82) is 0 Å². The third kappa shape index (κ3) is 4.94. The molecule has 0 fully saturated rings. The summed E-state index contributed by atoms with van der Waals surface area (Å²) >= 11 is 0. The lowest BCUT2D eigenvalue weighted by Gasteiger charge is -2.24. The molecule has 0 saturated heterocycles. The average Bonchev–Trinajstić information content (AvgIpc) is 2.43. The second-order valence-corrected chi connectivity index (χ2v) is 5.39. The predicted octanol–water partition coefficient (Wildman–Crippen LogP) is 2.56. The molecule has 0 saturated carbocycles. The van der Waals surface area contributed by atoms with Crippen LogP contribution >= 0.6 is 0 Å². The van der Waals surface area contributed by atoms with Gasteiger partial charge >= 0.3 is 0 Å². The Hall–Kier alpha value is -0.900. The first-order valence-electron chi connectivity index (χ1n) is 7.29. The molecule has 0 bridgehead atoms. The van der Waals surface area contributed by atoms with Gasteiger partial charge in [-0.2, -0.15) is 0 Å². The Morgan fingerprint density at radius 3 is 2.16 bits per heavy atom. The van der Waals surface area contributed by atoms with E-state index in [2.05, 4.69) is 50.4 Å². The number of nitrogens with two attached hydrogens (primary N) is 1. The van der Waals surface area contributed by atoms with Crippen LogP contribution in [0.5, 0.6) is 0 Å². The minimum atomic E-state index is 0.165. The fourth-order valence-electron chi connectivity index (χ4n) is 2.26. The molecule has 0 radical (unpaired) electrons. The Morgan fingerprint density at radius 2 is 1.74 bits per heavy atom. The van der Waals surface area contributed by atoms with Crippen molar-refractivity contribution in [3.63, 3.8) is 0 Å². The van der Waals surface area contributed by atoms with Gasteiger partial charge in [-0.15, -0.1) is 0 Å². The molecule has 0 amide bonds. The van der Waals surface area contributed by atoms with E-state index in [1.54, 1.807) is 0 Å². The molecule has 4 N–H and O–H groups in total. The fourth-order valence-corrected chi connectivity index (χ4v) is 2.26. The maximum Gasteiger partial charge on any atom is 0.0446 e. The Bertz CT molecular complexity index is 348. The first kappa shape index (κ1) is 16.2. The monoisotopic (exact) mass is 264 g/mol. The Kier molecular flexibility index (Phi) is 7.06. The van der Waals surface area contributed by atoms with E-state index in [1.165, 1.54) is 11.1 Å². The van der Waals surface area contributed by atoms with Crippen LogP contribution in [0.1, 0.15) is 56.7 Å². The van der Waals surface area contributed by atoms with Gasteiger partial charge in [0.1, 0.15) is 0 Å². The normalized spacial score (nSPS) is 14.6. The zero-order valence-electron chi connectivity index (χ0n) is 12.4. The van der Waals surface area contributed by atoms with Crippen molar-refractivity contribution in [2.24, 2.45) is 5.73 Å². The van der Waals surface area contributed by atoms with Crippen molar-refractivity contribution in [3.05, 3.63) is 35.4 Å². The summed E-state index contributed by atoms with van der Waals surface area (Å²) in [4.78, 5) is 0. The van der Waals surface area contributed by atoms with Crippen molar-refractivity contribution in [2.45, 2.75) is 51.6 Å². The molecule has 1 aromatic rings. The molecule has 2 atom stereocenters. The van der Waals surface area contributed by atoms with Gasteiger partial charge in [-0.3, -0.25) is 0 Å². The molecule has 2 unspecified atom stereocenters. The Labute approximate surface area is 117 Å². The lowest BCUT2D eigenvalue weighted by Crippen LogP contribution is -2.37. The van der Waals surface area contributed by atoms with Crippen LogP contribution in [0.15, 0.2) is 24.3 Å². The van der Waals surface area contributed by atoms with Gasteiger partial charge in [-0.05, 0) is 29.9 Å². The van der Waals surface area contributed by atoms with E-state index in [0.29, 0.717) is 18.5 Å². The molecule has 1 aromatic carbocycles. The van der Waals surface area contributed by atoms with E-state index in [9.17, 15) is 0 Å². The summed E-state index contributed by atoms with van der Waals surface area (Å²) < 4.78 is 0. The number of aliphatic hydroxyl groups excluding tert-OH is 1. The number of hydrogen-bond acceptors (Lipinski definition) is 3. The molecule has 3 heteroatoms. The van der Waals surface area contributed by atoms with Gasteiger partial charge in [0, 0.05) is 25.2 Å². The highest BCUT2D eigenvalue weighted by atomic mass is 16.3. The summed E-state index contributed by atoms with van der Waals surface area (Å²) in [5, 5.41) is 12.6. The summed E-state index contributed by atoms with van der Waals surface area (Å²) in [5.41, 5.74) is 8.45. The smallest absolute Gasteiger partial charge is 0.0446 e. The molecular weight excluding hydrogens is 236 g/mol. The SMILES string of the molecule is CCC(CCO)NC(CN)c1ccc(C(C)C)cc1. The number of hydrogen-bond donors (Lipinski definition) is 3. The number of aliphatic hydroxyl groups is 1. The maximum absolute atomic E-state index is 9.05. The van der Waals surface area contributed by atoms with Crippen LogP contribution in [0, 0.1) is 0 Å². The van der Waals surface area contributed by atoms with Gasteiger partial charge < -0.3 is 16.2 Å². The first-order chi connectivity index (χ1) is 9.12. The zero-order chi connectivity index (χ0) is 14.3. The standard InChI is InChI=1S/C16H28N2O/c1-4-15(9-10-19)18-16(11-17)14-7-5-13(6-8-14)12(2)3/h5-8,12,15-16,18-19H,4,9-11,17H2,1-3H3. The van der Waals surface area contributed by atoms with Gasteiger partial charge in [0.15, 0.2) is 0 Å². The minimum absolute atomic E-state index is 0.165. The highest BCUT2D eigenvalue weighted by Crippen LogP contribution is 2.19. The van der Waals surface area contributed by atoms with Crippen LogP contribution in [-0.4, -0.2) is 24.3 Å². The minimum Gasteiger partial charge on any atom is -0.396 e. The third-order valence-electron chi connectivity index (χ3n) is 3.65. The number of benzene rings is 1. The van der Waals surface area contributed by atoms with E-state index in [0.717, 1.165) is 12.8 Å². The lowest BCUT2D eigenvalue weighted by atomic mass is 9.98. The molecule has 3 nitrogen and oxygen atoms in total. The highest BCUT2D eigenvalue weighted by molar-refractivity contribution is 5.27. The van der Waals surface area contributed by atoms with Crippen LogP contribution in [0.4, 0.5) is 0 Å². The summed E-state index contributed by atoms with van der Waals surface area (Å²) in [7, 11) is 0. The second-order valence-electron chi connectivity index (χ2n) is 5.39. The molecule has 0 aliphatic carbocycles. The quantitative estimate of drug-likeness (QED) is 0.676. The average molecular weight is 264 g/mol. The molecule has 0 aromatic heterocycles. The van der Waals surface area contributed by atoms with Gasteiger partial charge in [-0.1, -0.05) is 45.0 Å². The highest BCUT2D eigenvalue weighted by Gasteiger charge is 2.14. The lowest BCUT2D eigenvalue weighted by molar-refractivity contribution is 0.256. The van der Waals surface area contributed by atoms with Crippen molar-refractivity contribution >= 4 is 0 Å². The second kappa shape index (κ2) is 8.31.